The van der Waals surface area contributed by atoms with E-state index in [0.717, 1.165) is 173 Å². The number of likely N-dealkylation sites (N-methyl/N-ethyl adjacent to an activating group) is 1. The Balaban J connectivity index is 4.16. The van der Waals surface area contributed by atoms with Crippen molar-refractivity contribution >= 4 is 19.8 Å². The number of unbranched alkanes of at least 4 members (excludes halogenated alkanes) is 15. The molecular weight excluding hydrogens is 1300 g/mol. The lowest BCUT2D eigenvalue weighted by Crippen LogP contribution is -2.37. The highest BCUT2D eigenvalue weighted by Gasteiger charge is 2.27. The summed E-state index contributed by atoms with van der Waals surface area (Å²) in [5.74, 6) is -0.866. The number of carbonyl (C=O) groups excluding carboxylic acids is 2. The summed E-state index contributed by atoms with van der Waals surface area (Å²) in [5.41, 5.74) is 0. The van der Waals surface area contributed by atoms with Crippen LogP contribution in [0.15, 0.2) is 255 Å². The predicted octanol–water partition coefficient (Wildman–Crippen LogP) is 27.6. The fraction of sp³-hybridized carbons (Fsp3) is 0.532. The van der Waals surface area contributed by atoms with Gasteiger partial charge in [-0.15, -0.1) is 0 Å². The Morgan fingerprint density at radius 1 is 0.298 bits per heavy atom. The molecule has 0 rings (SSSR count). The summed E-state index contributed by atoms with van der Waals surface area (Å²) in [4.78, 5) is 36.0. The summed E-state index contributed by atoms with van der Waals surface area (Å²) >= 11 is 0. The highest BCUT2D eigenvalue weighted by Crippen LogP contribution is 2.43. The molecule has 580 valence electrons. The van der Waals surface area contributed by atoms with E-state index in [1.54, 1.807) is 0 Å². The molecule has 0 aliphatic rings. The second-order valence-electron chi connectivity index (χ2n) is 27.0. The van der Waals surface area contributed by atoms with Crippen LogP contribution in [0.3, 0.4) is 0 Å². The van der Waals surface area contributed by atoms with Crippen LogP contribution in [0.5, 0.6) is 0 Å². The molecule has 0 aliphatic carbocycles. The van der Waals surface area contributed by atoms with Crippen LogP contribution in [0, 0.1) is 0 Å². The summed E-state index contributed by atoms with van der Waals surface area (Å²) < 4.78 is 34.7. The molecule has 0 saturated heterocycles. The van der Waals surface area contributed by atoms with Crippen molar-refractivity contribution < 1.29 is 42.1 Å². The van der Waals surface area contributed by atoms with Gasteiger partial charge in [0.25, 0.3) is 0 Å². The second kappa shape index (κ2) is 80.6. The monoisotopic (exact) mass is 1450 g/mol. The van der Waals surface area contributed by atoms with Crippen molar-refractivity contribution in [3.8, 4) is 0 Å². The molecule has 0 aromatic rings. The van der Waals surface area contributed by atoms with E-state index in [1.165, 1.54) is 64.2 Å². The van der Waals surface area contributed by atoms with E-state index in [1.807, 2.05) is 21.1 Å². The van der Waals surface area contributed by atoms with Crippen molar-refractivity contribution in [3.05, 3.63) is 255 Å². The molecule has 0 bridgehead atoms. The normalized spacial score (nSPS) is 14.4. The largest absolute Gasteiger partial charge is 0.472 e. The standard InChI is InChI=1S/C94H146NO8P/c1-6-8-10-12-14-16-18-20-22-24-26-28-30-32-34-36-38-40-42-44-46-47-49-50-52-54-56-58-60-62-64-66-68-70-72-74-76-78-80-82-84-86-93(96)100-90-92(91-102-104(98,99)101-89-88-95(3,4)5)103-94(97)87-85-83-81-79-77-75-73-71-69-67-65-63-61-59-57-55-53-51-48-45-43-41-39-37-35-33-31-29-27-25-23-21-19-17-15-13-11-9-7-2/h8-11,14-17,20-23,26-29,32-35,38-41,44-46,48-50,53-56,59,61,65,67,71,73,77,79,92H,6-7,12-13,18-19,24-25,30-31,36-37,42-43,47,51-52,57-58,60,62-64,66,68-70,72,74-76,78,80-91H2,1-5H3/p+1/b10-8-,11-9-,16-14-,17-15-,22-20-,23-21-,28-26-,29-27-,34-32-,35-33-,40-38-,41-39-,46-44-,48-45-,50-49-,55-53-,56-54-,61-59-,67-65-,73-71-,79-77-. The summed E-state index contributed by atoms with van der Waals surface area (Å²) in [6, 6.07) is 0. The molecule has 0 aromatic heterocycles. The molecule has 0 saturated carbocycles. The van der Waals surface area contributed by atoms with Gasteiger partial charge >= 0.3 is 19.8 Å². The van der Waals surface area contributed by atoms with E-state index in [9.17, 15) is 19.0 Å². The van der Waals surface area contributed by atoms with E-state index < -0.39 is 26.5 Å². The van der Waals surface area contributed by atoms with Gasteiger partial charge in [-0.1, -0.05) is 340 Å². The van der Waals surface area contributed by atoms with Crippen molar-refractivity contribution in [2.45, 2.75) is 277 Å². The van der Waals surface area contributed by atoms with Gasteiger partial charge in [0.2, 0.25) is 0 Å². The average molecular weight is 1450 g/mol. The molecule has 2 atom stereocenters. The third-order valence-corrected chi connectivity index (χ3v) is 17.0. The fourth-order valence-electron chi connectivity index (χ4n) is 9.99. The van der Waals surface area contributed by atoms with Gasteiger partial charge in [0.05, 0.1) is 27.7 Å². The van der Waals surface area contributed by atoms with Crippen LogP contribution in [0.1, 0.15) is 271 Å². The zero-order valence-corrected chi connectivity index (χ0v) is 67.0. The quantitative estimate of drug-likeness (QED) is 0.0211. The van der Waals surface area contributed by atoms with Crippen LogP contribution in [-0.4, -0.2) is 74.9 Å². The molecule has 0 radical (unpaired) electrons. The Hall–Kier alpha value is -6.45. The van der Waals surface area contributed by atoms with Gasteiger partial charge in [0.15, 0.2) is 6.10 Å². The first-order valence-electron chi connectivity index (χ1n) is 40.4. The van der Waals surface area contributed by atoms with Crippen LogP contribution in [0.25, 0.3) is 0 Å². The van der Waals surface area contributed by atoms with Crippen LogP contribution >= 0.6 is 7.82 Å². The molecule has 0 fully saturated rings. The van der Waals surface area contributed by atoms with Gasteiger partial charge in [-0.3, -0.25) is 18.6 Å². The van der Waals surface area contributed by atoms with E-state index in [2.05, 4.69) is 269 Å². The average Bonchev–Trinajstić information content (AvgIpc) is 0.915. The minimum Gasteiger partial charge on any atom is -0.462 e. The molecular formula is C94H147NO8P+. The number of quaternary nitrogens is 1. The minimum absolute atomic E-state index is 0.00994. The van der Waals surface area contributed by atoms with Gasteiger partial charge in [-0.2, -0.15) is 0 Å². The Morgan fingerprint density at radius 3 is 0.788 bits per heavy atom. The zero-order valence-electron chi connectivity index (χ0n) is 66.1. The lowest BCUT2D eigenvalue weighted by Gasteiger charge is -2.24. The number of hydrogen-bond acceptors (Lipinski definition) is 7. The minimum atomic E-state index is -4.43. The zero-order chi connectivity index (χ0) is 75.4. The molecule has 0 aromatic carbocycles. The van der Waals surface area contributed by atoms with E-state index in [0.29, 0.717) is 17.4 Å². The Labute approximate surface area is 637 Å². The number of esters is 2. The SMILES string of the molecule is CC/C=C\C/C=C\C/C=C\C/C=C\C/C=C\C/C=C\C/C=C\C/C=C\C/C=C\C/C=C\C/C=C\C/C=C\CCCCC(=O)OC(COC(=O)CCCCCCCCCCCCCCC/C=C\C/C=C\C/C=C\C/C=C\C/C=C\C/C=C\C/C=C\C/C=C\C/C=C\CC)COP(=O)(O)OCC[N+](C)(C)C. The Bertz CT molecular complexity index is 2720. The van der Waals surface area contributed by atoms with Gasteiger partial charge in [0.1, 0.15) is 19.8 Å². The summed E-state index contributed by atoms with van der Waals surface area (Å²) in [5, 5.41) is 0. The number of carbonyl (C=O) groups is 2. The van der Waals surface area contributed by atoms with Crippen molar-refractivity contribution in [1.82, 2.24) is 0 Å². The maximum absolute atomic E-state index is 12.9. The number of hydrogen-bond donors (Lipinski definition) is 1. The summed E-state index contributed by atoms with van der Waals surface area (Å²) in [7, 11) is 1.42. The van der Waals surface area contributed by atoms with E-state index >= 15 is 0 Å². The smallest absolute Gasteiger partial charge is 0.462 e. The molecule has 0 aliphatic heterocycles. The van der Waals surface area contributed by atoms with Crippen LogP contribution in [0.2, 0.25) is 0 Å². The first-order valence-corrected chi connectivity index (χ1v) is 41.9. The maximum atomic E-state index is 12.9. The second-order valence-corrected chi connectivity index (χ2v) is 28.4. The number of nitrogens with zero attached hydrogens (tertiary/aromatic N) is 1. The van der Waals surface area contributed by atoms with E-state index in [-0.39, 0.29) is 32.0 Å². The highest BCUT2D eigenvalue weighted by atomic mass is 31.2. The maximum Gasteiger partial charge on any atom is 0.472 e. The Kier molecular flexibility index (Phi) is 75.6. The van der Waals surface area contributed by atoms with Crippen molar-refractivity contribution in [3.63, 3.8) is 0 Å². The molecule has 0 amide bonds. The first kappa shape index (κ1) is 97.5. The van der Waals surface area contributed by atoms with Gasteiger partial charge in [-0.25, -0.2) is 4.57 Å². The molecule has 0 heterocycles. The molecule has 104 heavy (non-hydrogen) atoms. The first-order chi connectivity index (χ1) is 51.0. The topological polar surface area (TPSA) is 108 Å². The fourth-order valence-corrected chi connectivity index (χ4v) is 10.7. The highest BCUT2D eigenvalue weighted by molar-refractivity contribution is 7.47. The van der Waals surface area contributed by atoms with Crippen molar-refractivity contribution in [1.29, 1.82) is 0 Å². The number of ether oxygens (including phenoxy) is 2. The number of rotatable bonds is 71. The van der Waals surface area contributed by atoms with Gasteiger partial charge in [0, 0.05) is 12.8 Å². The summed E-state index contributed by atoms with van der Waals surface area (Å²) in [6.07, 6.45) is 133. The number of phosphoric acid groups is 1. The number of phosphoric ester groups is 1. The molecule has 1 N–H and O–H groups in total. The van der Waals surface area contributed by atoms with Crippen LogP contribution in [-0.2, 0) is 32.7 Å². The van der Waals surface area contributed by atoms with Gasteiger partial charge < -0.3 is 18.9 Å². The lowest BCUT2D eigenvalue weighted by atomic mass is 10.0. The van der Waals surface area contributed by atoms with Crippen LogP contribution < -0.4 is 0 Å². The molecule has 2 unspecified atom stereocenters. The predicted molar refractivity (Wildman–Crippen MR) is 453 cm³/mol. The van der Waals surface area contributed by atoms with Crippen molar-refractivity contribution in [2.24, 2.45) is 0 Å². The number of allylic oxidation sites excluding steroid dienone is 42. The third-order valence-electron chi connectivity index (χ3n) is 16.1. The van der Waals surface area contributed by atoms with E-state index in [4.69, 9.17) is 18.5 Å². The lowest BCUT2D eigenvalue weighted by molar-refractivity contribution is -0.870. The third kappa shape index (κ3) is 84.5. The van der Waals surface area contributed by atoms with Crippen LogP contribution in [0.4, 0.5) is 0 Å². The summed E-state index contributed by atoms with van der Waals surface area (Å²) in [6.45, 7) is 4.13. The molecule has 10 heteroatoms. The van der Waals surface area contributed by atoms with Crippen molar-refractivity contribution in [2.75, 3.05) is 47.5 Å². The Morgan fingerprint density at radius 2 is 0.519 bits per heavy atom. The molecule has 9 nitrogen and oxygen atoms in total. The molecule has 0 spiro atoms. The van der Waals surface area contributed by atoms with Gasteiger partial charge in [-0.05, 0) is 173 Å².